The van der Waals surface area contributed by atoms with Gasteiger partial charge in [-0.15, -0.1) is 0 Å². The molecule has 0 aromatic heterocycles. The lowest BCUT2D eigenvalue weighted by Crippen LogP contribution is -2.54. The number of ketones is 1. The third-order valence-electron chi connectivity index (χ3n) is 7.57. The molecule has 0 aromatic carbocycles. The fourth-order valence-corrected chi connectivity index (χ4v) is 4.80. The predicted octanol–water partition coefficient (Wildman–Crippen LogP) is 2.65. The van der Waals surface area contributed by atoms with E-state index < -0.39 is 59.2 Å². The van der Waals surface area contributed by atoms with Gasteiger partial charge in [0.2, 0.25) is 0 Å². The zero-order valence-electron chi connectivity index (χ0n) is 23.6. The first-order chi connectivity index (χ1) is 20.2. The Hall–Kier alpha value is -4.59. The van der Waals surface area contributed by atoms with Gasteiger partial charge in [-0.3, -0.25) is 4.79 Å². The molecule has 14 heteroatoms. The van der Waals surface area contributed by atoms with Gasteiger partial charge in [-0.1, -0.05) is 17.7 Å². The van der Waals surface area contributed by atoms with Crippen molar-refractivity contribution in [2.24, 2.45) is 0 Å². The van der Waals surface area contributed by atoms with E-state index >= 15 is 0 Å². The molecule has 2 saturated heterocycles. The van der Waals surface area contributed by atoms with Crippen LogP contribution < -0.4 is 0 Å². The molecule has 3 fully saturated rings. The highest BCUT2D eigenvalue weighted by molar-refractivity contribution is 6.15. The molecule has 0 radical (unpaired) electrons. The number of allylic oxidation sites excluding steroid dienone is 4. The fraction of sp³-hybridized carbons (Fsp3) is 0.483. The monoisotopic (exact) mass is 602 g/mol. The van der Waals surface area contributed by atoms with E-state index in [1.54, 1.807) is 6.92 Å². The molecule has 14 nitrogen and oxygen atoms in total. The van der Waals surface area contributed by atoms with Crippen LogP contribution in [-0.2, 0) is 57.1 Å². The van der Waals surface area contributed by atoms with Crippen molar-refractivity contribution >= 4 is 29.7 Å². The molecular weight excluding hydrogens is 572 g/mol. The number of aliphatic hydroxyl groups is 2. The number of carbonyl (C=O) groups excluding carboxylic acids is 5. The van der Waals surface area contributed by atoms with Crippen molar-refractivity contribution in [3.05, 3.63) is 58.5 Å². The summed E-state index contributed by atoms with van der Waals surface area (Å²) in [6, 6.07) is 0. The van der Waals surface area contributed by atoms with E-state index in [0.29, 0.717) is 12.2 Å². The Morgan fingerprint density at radius 2 is 1.44 bits per heavy atom. The second kappa shape index (κ2) is 10.9. The van der Waals surface area contributed by atoms with Gasteiger partial charge in [0.25, 0.3) is 29.3 Å². The first-order valence-electron chi connectivity index (χ1n) is 13.6. The van der Waals surface area contributed by atoms with Gasteiger partial charge in [0.15, 0.2) is 5.78 Å². The zero-order valence-corrected chi connectivity index (χ0v) is 23.6. The van der Waals surface area contributed by atoms with Crippen LogP contribution >= 0.6 is 0 Å². The standard InChI is InChI=1S/C29H30O14/c1-15(4-6-17-23(33)38-27(3,39-24(17)34)9-8-19(30)20-14-37-20)5-7-18-25(35)42-29(43-26(18)36)12-10-28(11-13-29)40-21(31)16(2)22(32)41-28/h4-7,20,31,33H,8-14H2,1-3H3/b6-4+,15-5+,18-7?. The molecule has 43 heavy (non-hydrogen) atoms. The molecule has 4 heterocycles. The van der Waals surface area contributed by atoms with E-state index in [0.717, 1.165) is 0 Å². The quantitative estimate of drug-likeness (QED) is 0.108. The second-order valence-electron chi connectivity index (χ2n) is 11.0. The number of esters is 4. The molecular formula is C29H30O14. The number of hydrogen-bond donors (Lipinski definition) is 2. The molecule has 2 unspecified atom stereocenters. The van der Waals surface area contributed by atoms with Gasteiger partial charge in [0, 0.05) is 45.4 Å². The highest BCUT2D eigenvalue weighted by Gasteiger charge is 2.55. The number of aliphatic hydroxyl groups excluding tert-OH is 2. The van der Waals surface area contributed by atoms with Crippen LogP contribution in [0.2, 0.25) is 0 Å². The molecule has 0 aromatic rings. The van der Waals surface area contributed by atoms with Crippen LogP contribution in [0.4, 0.5) is 0 Å². The summed E-state index contributed by atoms with van der Waals surface area (Å²) in [5.74, 6) is -9.35. The van der Waals surface area contributed by atoms with Gasteiger partial charge in [-0.05, 0) is 26.0 Å². The molecule has 2 atom stereocenters. The van der Waals surface area contributed by atoms with Crippen LogP contribution in [0.3, 0.4) is 0 Å². The minimum Gasteiger partial charge on any atom is -0.481 e. The summed E-state index contributed by atoms with van der Waals surface area (Å²) in [5, 5.41) is 20.2. The van der Waals surface area contributed by atoms with Gasteiger partial charge in [-0.2, -0.15) is 0 Å². The number of cyclic esters (lactones) is 1. The molecule has 2 N–H and O–H groups in total. The molecule has 1 saturated carbocycles. The fourth-order valence-electron chi connectivity index (χ4n) is 4.80. The average molecular weight is 603 g/mol. The van der Waals surface area contributed by atoms with Crippen LogP contribution in [-0.4, -0.2) is 69.9 Å². The summed E-state index contributed by atoms with van der Waals surface area (Å²) < 4.78 is 37.3. The lowest BCUT2D eigenvalue weighted by molar-refractivity contribution is -0.297. The summed E-state index contributed by atoms with van der Waals surface area (Å²) in [5.41, 5.74) is -0.249. The topological polar surface area (TPSA) is 194 Å². The van der Waals surface area contributed by atoms with Crippen LogP contribution in [0.1, 0.15) is 59.3 Å². The highest BCUT2D eigenvalue weighted by atomic mass is 16.8. The molecule has 4 aliphatic heterocycles. The van der Waals surface area contributed by atoms with Crippen LogP contribution in [0.25, 0.3) is 0 Å². The summed E-state index contributed by atoms with van der Waals surface area (Å²) >= 11 is 0. The Labute approximate surface area is 245 Å². The van der Waals surface area contributed by atoms with Gasteiger partial charge in [-0.25, -0.2) is 19.2 Å². The van der Waals surface area contributed by atoms with Crippen molar-refractivity contribution in [2.45, 2.75) is 82.8 Å². The molecule has 5 aliphatic rings. The Bertz CT molecular complexity index is 1410. The molecule has 0 amide bonds. The summed E-state index contributed by atoms with van der Waals surface area (Å²) in [6.45, 7) is 4.75. The summed E-state index contributed by atoms with van der Waals surface area (Å²) in [4.78, 5) is 61.9. The molecule has 1 aliphatic carbocycles. The number of Topliss-reactive ketones (excluding diaryl/α,β-unsaturated/α-hetero) is 1. The van der Waals surface area contributed by atoms with Crippen molar-refractivity contribution in [1.82, 2.24) is 0 Å². The second-order valence-corrected chi connectivity index (χ2v) is 11.0. The van der Waals surface area contributed by atoms with E-state index in [9.17, 15) is 34.2 Å². The van der Waals surface area contributed by atoms with Crippen molar-refractivity contribution in [3.8, 4) is 0 Å². The van der Waals surface area contributed by atoms with Crippen LogP contribution in [0.5, 0.6) is 0 Å². The summed E-state index contributed by atoms with van der Waals surface area (Å²) in [6.07, 6.45) is 4.83. The third-order valence-corrected chi connectivity index (χ3v) is 7.57. The van der Waals surface area contributed by atoms with Crippen molar-refractivity contribution < 1.29 is 67.3 Å². The number of ether oxygens (including phenoxy) is 7. The normalized spacial score (nSPS) is 32.7. The SMILES string of the molecule is CC1=C(O)OC2(CCC3(CC2)OC(=O)C(=C/C=C(C)/C=C/C2=C(O)OC(C)(CCC(=O)C4CO4)OC2=O)C(=O)O3)OC1=O. The lowest BCUT2D eigenvalue weighted by Gasteiger charge is -2.46. The Kier molecular flexibility index (Phi) is 7.59. The number of carbonyl (C=O) groups is 5. The Morgan fingerprint density at radius 1 is 0.860 bits per heavy atom. The summed E-state index contributed by atoms with van der Waals surface area (Å²) in [7, 11) is 0. The van der Waals surface area contributed by atoms with Crippen molar-refractivity contribution in [3.63, 3.8) is 0 Å². The average Bonchev–Trinajstić information content (AvgIpc) is 3.77. The highest BCUT2D eigenvalue weighted by Crippen LogP contribution is 2.45. The third kappa shape index (κ3) is 6.28. The van der Waals surface area contributed by atoms with E-state index in [1.807, 2.05) is 0 Å². The van der Waals surface area contributed by atoms with Gasteiger partial charge in [0.1, 0.15) is 22.8 Å². The molecule has 2 spiro atoms. The van der Waals surface area contributed by atoms with E-state index in [1.165, 1.54) is 38.2 Å². The maximum atomic E-state index is 12.7. The lowest BCUT2D eigenvalue weighted by atomic mass is 9.87. The smallest absolute Gasteiger partial charge is 0.348 e. The largest absolute Gasteiger partial charge is 0.481 e. The van der Waals surface area contributed by atoms with Gasteiger partial charge < -0.3 is 43.4 Å². The maximum absolute atomic E-state index is 12.7. The van der Waals surface area contributed by atoms with Gasteiger partial charge >= 0.3 is 23.9 Å². The Morgan fingerprint density at radius 3 is 2.00 bits per heavy atom. The van der Waals surface area contributed by atoms with Crippen LogP contribution in [0, 0.1) is 0 Å². The van der Waals surface area contributed by atoms with E-state index in [-0.39, 0.29) is 61.0 Å². The molecule has 0 bridgehead atoms. The van der Waals surface area contributed by atoms with E-state index in [2.05, 4.69) is 0 Å². The number of hydrogen-bond acceptors (Lipinski definition) is 14. The van der Waals surface area contributed by atoms with Gasteiger partial charge in [0.05, 0.1) is 6.61 Å². The predicted molar refractivity (Wildman–Crippen MR) is 139 cm³/mol. The first-order valence-corrected chi connectivity index (χ1v) is 13.6. The van der Waals surface area contributed by atoms with Crippen LogP contribution in [0.15, 0.2) is 58.5 Å². The van der Waals surface area contributed by atoms with Crippen molar-refractivity contribution in [1.29, 1.82) is 0 Å². The minimum atomic E-state index is -1.57. The van der Waals surface area contributed by atoms with Crippen molar-refractivity contribution in [2.75, 3.05) is 6.61 Å². The number of rotatable bonds is 7. The molecule has 230 valence electrons. The molecule has 5 rings (SSSR count). The maximum Gasteiger partial charge on any atom is 0.348 e. The first kappa shape index (κ1) is 29.9. The Balaban J connectivity index is 1.19. The van der Waals surface area contributed by atoms with E-state index in [4.69, 9.17) is 33.2 Å². The zero-order chi connectivity index (χ0) is 31.2. The minimum absolute atomic E-state index is 0.00103. The number of epoxide rings is 1.